The first-order valence-corrected chi connectivity index (χ1v) is 6.57. The number of rotatable bonds is 6. The van der Waals surface area contributed by atoms with E-state index in [9.17, 15) is 9.50 Å². The van der Waals surface area contributed by atoms with Crippen LogP contribution in [-0.2, 0) is 4.74 Å². The van der Waals surface area contributed by atoms with Gasteiger partial charge in [-0.3, -0.25) is 0 Å². The molecular formula is C15H23FO2. The van der Waals surface area contributed by atoms with Crippen molar-refractivity contribution in [3.63, 3.8) is 0 Å². The van der Waals surface area contributed by atoms with Crippen LogP contribution in [0, 0.1) is 19.7 Å². The van der Waals surface area contributed by atoms with Gasteiger partial charge >= 0.3 is 0 Å². The smallest absolute Gasteiger partial charge is 0.129 e. The van der Waals surface area contributed by atoms with E-state index in [-0.39, 0.29) is 11.9 Å². The van der Waals surface area contributed by atoms with E-state index in [0.29, 0.717) is 12.2 Å². The Hall–Kier alpha value is -0.930. The molecule has 18 heavy (non-hydrogen) atoms. The summed E-state index contributed by atoms with van der Waals surface area (Å²) in [5.74, 6) is -0.346. The quantitative estimate of drug-likeness (QED) is 0.839. The molecule has 2 unspecified atom stereocenters. The Morgan fingerprint density at radius 2 is 1.94 bits per heavy atom. The zero-order valence-electron chi connectivity index (χ0n) is 11.7. The highest BCUT2D eigenvalue weighted by Gasteiger charge is 2.25. The number of aliphatic hydroxyl groups excluding tert-OH is 1. The fourth-order valence-electron chi connectivity index (χ4n) is 2.32. The topological polar surface area (TPSA) is 29.5 Å². The number of benzene rings is 1. The van der Waals surface area contributed by atoms with Crippen LogP contribution in [0.4, 0.5) is 4.39 Å². The molecule has 0 saturated carbocycles. The highest BCUT2D eigenvalue weighted by molar-refractivity contribution is 5.34. The van der Waals surface area contributed by atoms with E-state index >= 15 is 0 Å². The Morgan fingerprint density at radius 3 is 2.44 bits per heavy atom. The Bertz CT molecular complexity index is 361. The summed E-state index contributed by atoms with van der Waals surface area (Å²) in [6.07, 6.45) is 0.386. The molecule has 1 N–H and O–H groups in total. The Balaban J connectivity index is 3.03. The van der Waals surface area contributed by atoms with Crippen LogP contribution < -0.4 is 0 Å². The normalized spacial score (nSPS) is 14.6. The summed E-state index contributed by atoms with van der Waals surface area (Å²) >= 11 is 0. The van der Waals surface area contributed by atoms with Gasteiger partial charge in [-0.2, -0.15) is 0 Å². The minimum absolute atomic E-state index is 0.337. The lowest BCUT2D eigenvalue weighted by Crippen LogP contribution is -2.24. The number of aliphatic hydroxyl groups is 1. The van der Waals surface area contributed by atoms with Crippen LogP contribution in [0.25, 0.3) is 0 Å². The highest BCUT2D eigenvalue weighted by Crippen LogP contribution is 2.28. The van der Waals surface area contributed by atoms with E-state index < -0.39 is 6.10 Å². The van der Waals surface area contributed by atoms with Crippen molar-refractivity contribution < 1.29 is 14.2 Å². The van der Waals surface area contributed by atoms with Crippen LogP contribution in [0.1, 0.15) is 49.5 Å². The summed E-state index contributed by atoms with van der Waals surface area (Å²) in [5, 5.41) is 10.3. The van der Waals surface area contributed by atoms with Gasteiger partial charge in [0.05, 0.1) is 6.10 Å². The fourth-order valence-corrected chi connectivity index (χ4v) is 2.32. The predicted molar refractivity (Wildman–Crippen MR) is 71.2 cm³/mol. The zero-order valence-corrected chi connectivity index (χ0v) is 11.7. The van der Waals surface area contributed by atoms with E-state index in [2.05, 4.69) is 0 Å². The van der Waals surface area contributed by atoms with Crippen molar-refractivity contribution in [2.45, 2.75) is 52.7 Å². The standard InChI is InChI=1S/C15H23FO2/c1-5-7-13(18-6-2)15(17)14-11(4)8-10(3)9-12(14)16/h8-9,13,15,17H,5-7H2,1-4H3. The molecule has 1 rings (SSSR count). The van der Waals surface area contributed by atoms with Crippen LogP contribution in [0.2, 0.25) is 0 Å². The molecule has 2 nitrogen and oxygen atoms in total. The highest BCUT2D eigenvalue weighted by atomic mass is 19.1. The number of hydrogen-bond donors (Lipinski definition) is 1. The first kappa shape index (κ1) is 15.1. The molecule has 0 aliphatic rings. The predicted octanol–water partition coefficient (Wildman–Crippen LogP) is 3.68. The van der Waals surface area contributed by atoms with Gasteiger partial charge < -0.3 is 9.84 Å². The molecule has 1 aromatic rings. The number of ether oxygens (including phenoxy) is 1. The van der Waals surface area contributed by atoms with Gasteiger partial charge in [0.2, 0.25) is 0 Å². The second kappa shape index (κ2) is 6.86. The van der Waals surface area contributed by atoms with Crippen molar-refractivity contribution >= 4 is 0 Å². The van der Waals surface area contributed by atoms with Crippen LogP contribution in [0.15, 0.2) is 12.1 Å². The SMILES string of the molecule is CCCC(OCC)C(O)c1c(C)cc(C)cc1F. The second-order valence-electron chi connectivity index (χ2n) is 4.70. The summed E-state index contributed by atoms with van der Waals surface area (Å²) in [7, 11) is 0. The van der Waals surface area contributed by atoms with Crippen molar-refractivity contribution in [2.75, 3.05) is 6.61 Å². The summed E-state index contributed by atoms with van der Waals surface area (Å²) in [6, 6.07) is 3.34. The van der Waals surface area contributed by atoms with Crippen LogP contribution >= 0.6 is 0 Å². The van der Waals surface area contributed by atoms with E-state index in [1.165, 1.54) is 6.07 Å². The van der Waals surface area contributed by atoms with Gasteiger partial charge in [0, 0.05) is 12.2 Å². The van der Waals surface area contributed by atoms with Gasteiger partial charge in [-0.15, -0.1) is 0 Å². The molecule has 0 heterocycles. The van der Waals surface area contributed by atoms with E-state index in [1.807, 2.05) is 33.8 Å². The maximum absolute atomic E-state index is 14.0. The lowest BCUT2D eigenvalue weighted by molar-refractivity contribution is -0.0400. The first-order chi connectivity index (χ1) is 8.51. The minimum atomic E-state index is -0.898. The molecule has 0 saturated heterocycles. The number of hydrogen-bond acceptors (Lipinski definition) is 2. The van der Waals surface area contributed by atoms with Gasteiger partial charge in [-0.25, -0.2) is 4.39 Å². The Labute approximate surface area is 109 Å². The largest absolute Gasteiger partial charge is 0.386 e. The first-order valence-electron chi connectivity index (χ1n) is 6.57. The van der Waals surface area contributed by atoms with Crippen LogP contribution in [0.3, 0.4) is 0 Å². The Morgan fingerprint density at radius 1 is 1.28 bits per heavy atom. The average Bonchev–Trinajstić information content (AvgIpc) is 2.27. The van der Waals surface area contributed by atoms with Gasteiger partial charge in [-0.05, 0) is 44.4 Å². The summed E-state index contributed by atoms with van der Waals surface area (Å²) in [6.45, 7) is 8.10. The Kier molecular flexibility index (Phi) is 5.76. The third kappa shape index (κ3) is 3.53. The van der Waals surface area contributed by atoms with Gasteiger partial charge in [-0.1, -0.05) is 19.4 Å². The van der Waals surface area contributed by atoms with Crippen LogP contribution in [0.5, 0.6) is 0 Å². The zero-order chi connectivity index (χ0) is 13.7. The van der Waals surface area contributed by atoms with Crippen molar-refractivity contribution in [1.82, 2.24) is 0 Å². The molecule has 2 atom stereocenters. The molecule has 0 aromatic heterocycles. The lowest BCUT2D eigenvalue weighted by atomic mass is 9.95. The minimum Gasteiger partial charge on any atom is -0.386 e. The van der Waals surface area contributed by atoms with Gasteiger partial charge in [0.15, 0.2) is 0 Å². The van der Waals surface area contributed by atoms with Crippen LogP contribution in [-0.4, -0.2) is 17.8 Å². The molecule has 0 bridgehead atoms. The number of aryl methyl sites for hydroxylation is 2. The van der Waals surface area contributed by atoms with E-state index in [4.69, 9.17) is 4.74 Å². The third-order valence-corrected chi connectivity index (χ3v) is 3.08. The maximum atomic E-state index is 14.0. The average molecular weight is 254 g/mol. The lowest BCUT2D eigenvalue weighted by Gasteiger charge is -2.24. The molecular weight excluding hydrogens is 231 g/mol. The third-order valence-electron chi connectivity index (χ3n) is 3.08. The molecule has 0 radical (unpaired) electrons. The molecule has 3 heteroatoms. The van der Waals surface area contributed by atoms with Crippen molar-refractivity contribution in [1.29, 1.82) is 0 Å². The maximum Gasteiger partial charge on any atom is 0.129 e. The number of halogens is 1. The molecule has 0 aliphatic heterocycles. The summed E-state index contributed by atoms with van der Waals surface area (Å²) in [5.41, 5.74) is 2.01. The molecule has 0 fully saturated rings. The molecule has 1 aromatic carbocycles. The summed E-state index contributed by atoms with van der Waals surface area (Å²) in [4.78, 5) is 0. The fraction of sp³-hybridized carbons (Fsp3) is 0.600. The van der Waals surface area contributed by atoms with E-state index in [0.717, 1.165) is 24.0 Å². The van der Waals surface area contributed by atoms with E-state index in [1.54, 1.807) is 0 Å². The monoisotopic (exact) mass is 254 g/mol. The molecule has 0 amide bonds. The molecule has 0 spiro atoms. The molecule has 0 aliphatic carbocycles. The summed E-state index contributed by atoms with van der Waals surface area (Å²) < 4.78 is 19.5. The van der Waals surface area contributed by atoms with Gasteiger partial charge in [0.25, 0.3) is 0 Å². The second-order valence-corrected chi connectivity index (χ2v) is 4.70. The molecule has 102 valence electrons. The van der Waals surface area contributed by atoms with Crippen molar-refractivity contribution in [3.8, 4) is 0 Å². The van der Waals surface area contributed by atoms with Gasteiger partial charge in [0.1, 0.15) is 11.9 Å². The van der Waals surface area contributed by atoms with Crippen molar-refractivity contribution in [3.05, 3.63) is 34.6 Å². The van der Waals surface area contributed by atoms with Crippen molar-refractivity contribution in [2.24, 2.45) is 0 Å².